The summed E-state index contributed by atoms with van der Waals surface area (Å²) < 4.78 is 10.2. The Morgan fingerprint density at radius 3 is 2.53 bits per heavy atom. The summed E-state index contributed by atoms with van der Waals surface area (Å²) in [7, 11) is 1.62. The highest BCUT2D eigenvalue weighted by Gasteiger charge is 2.02. The molecule has 80 valence electrons. The van der Waals surface area contributed by atoms with Gasteiger partial charge in [-0.2, -0.15) is 0 Å². The second-order valence-electron chi connectivity index (χ2n) is 2.98. The van der Waals surface area contributed by atoms with Crippen molar-refractivity contribution in [3.8, 4) is 18.1 Å². The molecule has 0 spiro atoms. The van der Waals surface area contributed by atoms with Crippen LogP contribution in [0.4, 0.5) is 0 Å². The van der Waals surface area contributed by atoms with Gasteiger partial charge >= 0.3 is 0 Å². The molecular formula is C12H14O3. The Morgan fingerprint density at radius 2 is 2.00 bits per heavy atom. The van der Waals surface area contributed by atoms with Crippen LogP contribution in [0.2, 0.25) is 0 Å². The van der Waals surface area contributed by atoms with Gasteiger partial charge in [0.05, 0.1) is 6.61 Å². The minimum Gasteiger partial charge on any atom is -0.491 e. The highest BCUT2D eigenvalue weighted by Crippen LogP contribution is 2.16. The Bertz CT molecular complexity index is 324. The molecule has 3 nitrogen and oxygen atoms in total. The third-order valence-electron chi connectivity index (χ3n) is 1.91. The van der Waals surface area contributed by atoms with Crippen LogP contribution in [0.15, 0.2) is 24.3 Å². The summed E-state index contributed by atoms with van der Waals surface area (Å²) in [5.74, 6) is 2.98. The van der Waals surface area contributed by atoms with Gasteiger partial charge in [-0.05, 0) is 17.7 Å². The minimum atomic E-state index is -0.849. The summed E-state index contributed by atoms with van der Waals surface area (Å²) in [5.41, 5.74) is 0.691. The SMILES string of the molecule is C#CC(O)c1ccc(OCCOC)cc1. The summed E-state index contributed by atoms with van der Waals surface area (Å²) >= 11 is 0. The second-order valence-corrected chi connectivity index (χ2v) is 2.98. The van der Waals surface area contributed by atoms with Crippen molar-refractivity contribution in [3.05, 3.63) is 29.8 Å². The van der Waals surface area contributed by atoms with Gasteiger partial charge in [0, 0.05) is 7.11 Å². The Kier molecular flexibility index (Phi) is 4.69. The van der Waals surface area contributed by atoms with Crippen molar-refractivity contribution in [2.24, 2.45) is 0 Å². The third-order valence-corrected chi connectivity index (χ3v) is 1.91. The molecule has 0 fully saturated rings. The quantitative estimate of drug-likeness (QED) is 0.584. The molecule has 0 aromatic heterocycles. The number of aliphatic hydroxyl groups excluding tert-OH is 1. The lowest BCUT2D eigenvalue weighted by atomic mass is 10.1. The molecule has 0 saturated heterocycles. The topological polar surface area (TPSA) is 38.7 Å². The molecule has 0 aliphatic heterocycles. The number of aliphatic hydroxyl groups is 1. The number of benzene rings is 1. The third kappa shape index (κ3) is 3.62. The Labute approximate surface area is 89.6 Å². The highest BCUT2D eigenvalue weighted by molar-refractivity contribution is 5.31. The van der Waals surface area contributed by atoms with Crippen molar-refractivity contribution in [1.29, 1.82) is 0 Å². The molecule has 0 aliphatic rings. The summed E-state index contributed by atoms with van der Waals surface area (Å²) in [6, 6.07) is 7.02. The van der Waals surface area contributed by atoms with Gasteiger partial charge < -0.3 is 14.6 Å². The van der Waals surface area contributed by atoms with E-state index in [2.05, 4.69) is 5.92 Å². The van der Waals surface area contributed by atoms with Gasteiger partial charge in [-0.25, -0.2) is 0 Å². The second kappa shape index (κ2) is 6.07. The van der Waals surface area contributed by atoms with Crippen LogP contribution in [-0.2, 0) is 4.74 Å². The molecule has 0 heterocycles. The van der Waals surface area contributed by atoms with E-state index >= 15 is 0 Å². The van der Waals surface area contributed by atoms with E-state index < -0.39 is 6.10 Å². The predicted molar refractivity (Wildman–Crippen MR) is 57.6 cm³/mol. The summed E-state index contributed by atoms with van der Waals surface area (Å²) in [5, 5.41) is 9.34. The Hall–Kier alpha value is -1.50. The molecule has 3 heteroatoms. The van der Waals surface area contributed by atoms with Gasteiger partial charge in [0.1, 0.15) is 18.5 Å². The number of methoxy groups -OCH3 is 1. The predicted octanol–water partition coefficient (Wildman–Crippen LogP) is 1.38. The summed E-state index contributed by atoms with van der Waals surface area (Å²) in [6.07, 6.45) is 4.24. The maximum absolute atomic E-state index is 9.34. The monoisotopic (exact) mass is 206 g/mol. The van der Waals surface area contributed by atoms with E-state index in [1.807, 2.05) is 0 Å². The fourth-order valence-corrected chi connectivity index (χ4v) is 1.09. The van der Waals surface area contributed by atoms with Gasteiger partial charge in [0.15, 0.2) is 0 Å². The van der Waals surface area contributed by atoms with Crippen molar-refractivity contribution < 1.29 is 14.6 Å². The van der Waals surface area contributed by atoms with Gasteiger partial charge in [-0.15, -0.1) is 6.42 Å². The van der Waals surface area contributed by atoms with Crippen LogP contribution < -0.4 is 4.74 Å². The average molecular weight is 206 g/mol. The van der Waals surface area contributed by atoms with Crippen LogP contribution in [0.25, 0.3) is 0 Å². The van der Waals surface area contributed by atoms with E-state index in [0.29, 0.717) is 18.8 Å². The van der Waals surface area contributed by atoms with E-state index in [9.17, 15) is 5.11 Å². The highest BCUT2D eigenvalue weighted by atomic mass is 16.5. The van der Waals surface area contributed by atoms with Crippen molar-refractivity contribution in [2.45, 2.75) is 6.10 Å². The Morgan fingerprint density at radius 1 is 1.33 bits per heavy atom. The van der Waals surface area contributed by atoms with E-state index in [0.717, 1.165) is 5.75 Å². The van der Waals surface area contributed by atoms with Gasteiger partial charge in [0.2, 0.25) is 0 Å². The van der Waals surface area contributed by atoms with Crippen molar-refractivity contribution in [1.82, 2.24) is 0 Å². The fraction of sp³-hybridized carbons (Fsp3) is 0.333. The van der Waals surface area contributed by atoms with Crippen LogP contribution >= 0.6 is 0 Å². The standard InChI is InChI=1S/C12H14O3/c1-3-12(13)10-4-6-11(7-5-10)15-9-8-14-2/h1,4-7,12-13H,8-9H2,2H3. The van der Waals surface area contributed by atoms with E-state index in [1.54, 1.807) is 31.4 Å². The first-order valence-corrected chi connectivity index (χ1v) is 4.64. The molecule has 1 unspecified atom stereocenters. The number of rotatable bonds is 5. The first kappa shape index (κ1) is 11.6. The molecule has 1 aromatic rings. The molecule has 0 aliphatic carbocycles. The molecule has 0 saturated carbocycles. The zero-order valence-electron chi connectivity index (χ0n) is 8.64. The van der Waals surface area contributed by atoms with Crippen LogP contribution in [-0.4, -0.2) is 25.4 Å². The molecule has 1 N–H and O–H groups in total. The van der Waals surface area contributed by atoms with Crippen molar-refractivity contribution in [2.75, 3.05) is 20.3 Å². The van der Waals surface area contributed by atoms with Crippen molar-refractivity contribution in [3.63, 3.8) is 0 Å². The largest absolute Gasteiger partial charge is 0.491 e. The van der Waals surface area contributed by atoms with Crippen LogP contribution in [0.1, 0.15) is 11.7 Å². The molecule has 0 radical (unpaired) electrons. The van der Waals surface area contributed by atoms with Crippen LogP contribution in [0, 0.1) is 12.3 Å². The smallest absolute Gasteiger partial charge is 0.139 e. The molecule has 1 rings (SSSR count). The van der Waals surface area contributed by atoms with Gasteiger partial charge in [0.25, 0.3) is 0 Å². The molecular weight excluding hydrogens is 192 g/mol. The fourth-order valence-electron chi connectivity index (χ4n) is 1.09. The normalized spacial score (nSPS) is 11.8. The summed E-state index contributed by atoms with van der Waals surface area (Å²) in [6.45, 7) is 1.06. The zero-order valence-corrected chi connectivity index (χ0v) is 8.64. The molecule has 1 aromatic carbocycles. The maximum Gasteiger partial charge on any atom is 0.139 e. The molecule has 1 atom stereocenters. The zero-order chi connectivity index (χ0) is 11.1. The number of hydrogen-bond acceptors (Lipinski definition) is 3. The lowest BCUT2D eigenvalue weighted by molar-refractivity contribution is 0.146. The summed E-state index contributed by atoms with van der Waals surface area (Å²) in [4.78, 5) is 0. The van der Waals surface area contributed by atoms with E-state index in [-0.39, 0.29) is 0 Å². The molecule has 0 amide bonds. The van der Waals surface area contributed by atoms with Crippen LogP contribution in [0.5, 0.6) is 5.75 Å². The lowest BCUT2D eigenvalue weighted by Gasteiger charge is -2.07. The number of hydrogen-bond donors (Lipinski definition) is 1. The number of ether oxygens (including phenoxy) is 2. The van der Waals surface area contributed by atoms with E-state index in [4.69, 9.17) is 15.9 Å². The van der Waals surface area contributed by atoms with Crippen LogP contribution in [0.3, 0.4) is 0 Å². The lowest BCUT2D eigenvalue weighted by Crippen LogP contribution is -2.04. The maximum atomic E-state index is 9.34. The van der Waals surface area contributed by atoms with E-state index in [1.165, 1.54) is 0 Å². The first-order chi connectivity index (χ1) is 7.27. The average Bonchev–Trinajstić information content (AvgIpc) is 2.29. The first-order valence-electron chi connectivity index (χ1n) is 4.64. The number of terminal acetylenes is 1. The van der Waals surface area contributed by atoms with Gasteiger partial charge in [-0.1, -0.05) is 18.1 Å². The molecule has 0 bridgehead atoms. The minimum absolute atomic E-state index is 0.507. The Balaban J connectivity index is 2.53. The van der Waals surface area contributed by atoms with Crippen molar-refractivity contribution >= 4 is 0 Å². The molecule has 15 heavy (non-hydrogen) atoms. The van der Waals surface area contributed by atoms with Gasteiger partial charge in [-0.3, -0.25) is 0 Å².